The zero-order chi connectivity index (χ0) is 12.4. The predicted octanol–water partition coefficient (Wildman–Crippen LogP) is 1.76. The van der Waals surface area contributed by atoms with Crippen LogP contribution >= 0.6 is 0 Å². The first-order valence-corrected chi connectivity index (χ1v) is 6.60. The number of tetrazole rings is 1. The highest BCUT2D eigenvalue weighted by atomic mass is 15.6. The van der Waals surface area contributed by atoms with E-state index in [2.05, 4.69) is 32.9 Å². The minimum Gasteiger partial charge on any atom is -0.368 e. The maximum atomic E-state index is 4.30. The smallest absolute Gasteiger partial charge is 0.200 e. The first kappa shape index (κ1) is 11.4. The van der Waals surface area contributed by atoms with E-state index in [9.17, 15) is 0 Å². The van der Waals surface area contributed by atoms with Gasteiger partial charge >= 0.3 is 0 Å². The van der Waals surface area contributed by atoms with Crippen LogP contribution in [0.25, 0.3) is 5.65 Å². The summed E-state index contributed by atoms with van der Waals surface area (Å²) in [4.78, 5) is 0. The first-order chi connectivity index (χ1) is 8.81. The molecule has 1 aliphatic rings. The van der Waals surface area contributed by atoms with E-state index in [0.29, 0.717) is 5.65 Å². The van der Waals surface area contributed by atoms with Crippen molar-refractivity contribution in [3.8, 4) is 0 Å². The topological polar surface area (TPSA) is 68.0 Å². The average Bonchev–Trinajstić information content (AvgIpc) is 2.85. The second-order valence-corrected chi connectivity index (χ2v) is 5.25. The predicted molar refractivity (Wildman–Crippen MR) is 68.2 cm³/mol. The van der Waals surface area contributed by atoms with E-state index in [1.54, 1.807) is 0 Å². The molecule has 6 heteroatoms. The number of nitrogens with one attached hydrogen (secondary N) is 1. The molecule has 2 heterocycles. The summed E-state index contributed by atoms with van der Waals surface area (Å²) in [5, 5.41) is 18.9. The molecule has 0 radical (unpaired) electrons. The highest BCUT2D eigenvalue weighted by molar-refractivity contribution is 5.42. The van der Waals surface area contributed by atoms with Gasteiger partial charge in [0.2, 0.25) is 0 Å². The Hall–Kier alpha value is -1.72. The van der Waals surface area contributed by atoms with Crippen molar-refractivity contribution >= 4 is 11.5 Å². The largest absolute Gasteiger partial charge is 0.368 e. The molecule has 0 saturated heterocycles. The number of hydrogen-bond acceptors (Lipinski definition) is 5. The van der Waals surface area contributed by atoms with Crippen LogP contribution in [-0.2, 0) is 0 Å². The number of anilines is 1. The average molecular weight is 246 g/mol. The van der Waals surface area contributed by atoms with E-state index in [1.165, 1.54) is 30.3 Å². The molecule has 1 fully saturated rings. The van der Waals surface area contributed by atoms with Crippen molar-refractivity contribution in [1.82, 2.24) is 25.3 Å². The Bertz CT molecular complexity index is 514. The Balaban J connectivity index is 1.59. The Morgan fingerprint density at radius 2 is 2.11 bits per heavy atom. The molecule has 0 atom stereocenters. The van der Waals surface area contributed by atoms with E-state index in [4.69, 9.17) is 0 Å². The third-order valence-electron chi connectivity index (χ3n) is 3.78. The van der Waals surface area contributed by atoms with Crippen molar-refractivity contribution in [3.63, 3.8) is 0 Å². The van der Waals surface area contributed by atoms with Crippen LogP contribution in [0, 0.1) is 11.8 Å². The van der Waals surface area contributed by atoms with Gasteiger partial charge in [0, 0.05) is 6.54 Å². The molecule has 1 saturated carbocycles. The SMILES string of the molecule is CC1CCC(CNc2ccc3nnnn3n2)CC1. The van der Waals surface area contributed by atoms with Gasteiger partial charge in [-0.1, -0.05) is 19.8 Å². The van der Waals surface area contributed by atoms with Crippen molar-refractivity contribution in [2.45, 2.75) is 32.6 Å². The van der Waals surface area contributed by atoms with Gasteiger partial charge in [0.15, 0.2) is 5.65 Å². The first-order valence-electron chi connectivity index (χ1n) is 6.60. The van der Waals surface area contributed by atoms with Crippen molar-refractivity contribution in [2.24, 2.45) is 11.8 Å². The molecule has 2 aromatic rings. The highest BCUT2D eigenvalue weighted by Gasteiger charge is 2.17. The second-order valence-electron chi connectivity index (χ2n) is 5.25. The van der Waals surface area contributed by atoms with Gasteiger partial charge in [-0.15, -0.1) is 14.8 Å². The lowest BCUT2D eigenvalue weighted by Gasteiger charge is -2.26. The Morgan fingerprint density at radius 1 is 1.28 bits per heavy atom. The Labute approximate surface area is 106 Å². The van der Waals surface area contributed by atoms with Crippen LogP contribution < -0.4 is 5.32 Å². The molecule has 3 rings (SSSR count). The van der Waals surface area contributed by atoms with Crippen molar-refractivity contribution in [3.05, 3.63) is 12.1 Å². The molecule has 0 amide bonds. The zero-order valence-corrected chi connectivity index (χ0v) is 10.6. The molecule has 0 bridgehead atoms. The van der Waals surface area contributed by atoms with Crippen molar-refractivity contribution in [2.75, 3.05) is 11.9 Å². The molecule has 1 aliphatic carbocycles. The van der Waals surface area contributed by atoms with Gasteiger partial charge in [0.25, 0.3) is 0 Å². The lowest BCUT2D eigenvalue weighted by atomic mass is 9.83. The fraction of sp³-hybridized carbons (Fsp3) is 0.667. The molecule has 0 spiro atoms. The molecule has 18 heavy (non-hydrogen) atoms. The number of rotatable bonds is 3. The summed E-state index contributed by atoms with van der Waals surface area (Å²) >= 11 is 0. The van der Waals surface area contributed by atoms with Gasteiger partial charge in [-0.25, -0.2) is 0 Å². The van der Waals surface area contributed by atoms with Crippen LogP contribution in [0.1, 0.15) is 32.6 Å². The van der Waals surface area contributed by atoms with Gasteiger partial charge in [-0.05, 0) is 47.2 Å². The maximum absolute atomic E-state index is 4.30. The number of nitrogens with zero attached hydrogens (tertiary/aromatic N) is 5. The van der Waals surface area contributed by atoms with Crippen LogP contribution in [-0.4, -0.2) is 31.8 Å². The van der Waals surface area contributed by atoms with Crippen LogP contribution in [0.2, 0.25) is 0 Å². The fourth-order valence-corrected chi connectivity index (χ4v) is 2.53. The summed E-state index contributed by atoms with van der Waals surface area (Å²) in [6.07, 6.45) is 5.35. The molecule has 2 aromatic heterocycles. The summed E-state index contributed by atoms with van der Waals surface area (Å²) in [6, 6.07) is 3.80. The maximum Gasteiger partial charge on any atom is 0.200 e. The fourth-order valence-electron chi connectivity index (χ4n) is 2.53. The van der Waals surface area contributed by atoms with Gasteiger partial charge in [-0.3, -0.25) is 0 Å². The lowest BCUT2D eigenvalue weighted by molar-refractivity contribution is 0.300. The van der Waals surface area contributed by atoms with Gasteiger partial charge < -0.3 is 5.32 Å². The zero-order valence-electron chi connectivity index (χ0n) is 10.6. The quantitative estimate of drug-likeness (QED) is 0.893. The highest BCUT2D eigenvalue weighted by Crippen LogP contribution is 2.28. The third-order valence-corrected chi connectivity index (χ3v) is 3.78. The molecule has 0 unspecified atom stereocenters. The van der Waals surface area contributed by atoms with E-state index in [-0.39, 0.29) is 0 Å². The Kier molecular flexibility index (Phi) is 3.08. The molecule has 6 nitrogen and oxygen atoms in total. The second kappa shape index (κ2) is 4.88. The van der Waals surface area contributed by atoms with E-state index < -0.39 is 0 Å². The number of aromatic nitrogens is 5. The van der Waals surface area contributed by atoms with Crippen molar-refractivity contribution in [1.29, 1.82) is 0 Å². The lowest BCUT2D eigenvalue weighted by Crippen LogP contribution is -2.20. The number of fused-ring (bicyclic) bond motifs is 1. The molecule has 0 aliphatic heterocycles. The van der Waals surface area contributed by atoms with E-state index >= 15 is 0 Å². The number of hydrogen-bond donors (Lipinski definition) is 1. The minimum atomic E-state index is 0.673. The standard InChI is InChI=1S/C12H18N6/c1-9-2-4-10(5-3-9)8-13-11-6-7-12-14-16-17-18(12)15-11/h6-7,9-10H,2-5,8H2,1H3,(H,13,15). The van der Waals surface area contributed by atoms with Crippen LogP contribution in [0.3, 0.4) is 0 Å². The van der Waals surface area contributed by atoms with Gasteiger partial charge in [0.1, 0.15) is 5.82 Å². The van der Waals surface area contributed by atoms with Crippen LogP contribution in [0.5, 0.6) is 0 Å². The summed E-state index contributed by atoms with van der Waals surface area (Å²) in [5.41, 5.74) is 0.673. The summed E-state index contributed by atoms with van der Waals surface area (Å²) in [5.74, 6) is 2.51. The molecule has 96 valence electrons. The summed E-state index contributed by atoms with van der Waals surface area (Å²) in [6.45, 7) is 3.34. The molecular weight excluding hydrogens is 228 g/mol. The molecule has 1 N–H and O–H groups in total. The van der Waals surface area contributed by atoms with E-state index in [0.717, 1.165) is 24.2 Å². The summed E-state index contributed by atoms with van der Waals surface area (Å²) in [7, 11) is 0. The molecular formula is C12H18N6. The van der Waals surface area contributed by atoms with Gasteiger partial charge in [0.05, 0.1) is 0 Å². The molecule has 0 aromatic carbocycles. The summed E-state index contributed by atoms with van der Waals surface area (Å²) < 4.78 is 1.45. The Morgan fingerprint density at radius 3 is 2.94 bits per heavy atom. The van der Waals surface area contributed by atoms with Crippen LogP contribution in [0.4, 0.5) is 5.82 Å². The van der Waals surface area contributed by atoms with Crippen LogP contribution in [0.15, 0.2) is 12.1 Å². The van der Waals surface area contributed by atoms with E-state index in [1.807, 2.05) is 12.1 Å². The minimum absolute atomic E-state index is 0.673. The van der Waals surface area contributed by atoms with Crippen molar-refractivity contribution < 1.29 is 0 Å². The normalized spacial score (nSPS) is 24.3. The third kappa shape index (κ3) is 2.42. The monoisotopic (exact) mass is 246 g/mol. The van der Waals surface area contributed by atoms with Gasteiger partial charge in [-0.2, -0.15) is 0 Å².